The summed E-state index contributed by atoms with van der Waals surface area (Å²) in [5.41, 5.74) is -0.592. The van der Waals surface area contributed by atoms with Crippen LogP contribution in [0.1, 0.15) is 27.2 Å². The van der Waals surface area contributed by atoms with Crippen LogP contribution in [0.3, 0.4) is 0 Å². The van der Waals surface area contributed by atoms with Gasteiger partial charge in [0.25, 0.3) is 0 Å². The number of likely N-dealkylation sites (tertiary alicyclic amines) is 1. The van der Waals surface area contributed by atoms with Gasteiger partial charge in [-0.2, -0.15) is 0 Å². The fourth-order valence-corrected chi connectivity index (χ4v) is 1.49. The third-order valence-electron chi connectivity index (χ3n) is 2.03. The van der Waals surface area contributed by atoms with Crippen LogP contribution >= 0.6 is 0 Å². The molecule has 0 spiro atoms. The number of piperidine rings is 1. The molecular weight excluding hydrogens is 201 g/mol. The predicted octanol–water partition coefficient (Wildman–Crippen LogP) is 1.33. The van der Waals surface area contributed by atoms with Crippen LogP contribution in [0, 0.1) is 0 Å². The van der Waals surface area contributed by atoms with Gasteiger partial charge >= 0.3 is 6.09 Å². The quantitative estimate of drug-likeness (QED) is 0.668. The molecule has 0 unspecified atom stereocenters. The van der Waals surface area contributed by atoms with Gasteiger partial charge < -0.3 is 14.7 Å². The van der Waals surface area contributed by atoms with Gasteiger partial charge in [0.05, 0.1) is 19.2 Å². The van der Waals surface area contributed by atoms with E-state index < -0.39 is 24.0 Å². The molecule has 1 fully saturated rings. The highest BCUT2D eigenvalue weighted by Crippen LogP contribution is 2.17. The molecule has 0 aromatic carbocycles. The van der Waals surface area contributed by atoms with E-state index in [1.165, 1.54) is 4.90 Å². The smallest absolute Gasteiger partial charge is 0.410 e. The Labute approximate surface area is 89.0 Å². The highest BCUT2D eigenvalue weighted by Gasteiger charge is 2.31. The van der Waals surface area contributed by atoms with Gasteiger partial charge in [-0.15, -0.1) is 0 Å². The zero-order valence-corrected chi connectivity index (χ0v) is 9.36. The minimum Gasteiger partial charge on any atom is -0.444 e. The van der Waals surface area contributed by atoms with E-state index in [2.05, 4.69) is 0 Å². The van der Waals surface area contributed by atoms with Crippen molar-refractivity contribution in [3.05, 3.63) is 0 Å². The second kappa shape index (κ2) is 4.35. The van der Waals surface area contributed by atoms with Crippen molar-refractivity contribution in [2.75, 3.05) is 13.1 Å². The third-order valence-corrected chi connectivity index (χ3v) is 2.03. The summed E-state index contributed by atoms with van der Waals surface area (Å²) in [6.07, 6.45) is -2.43. The highest BCUT2D eigenvalue weighted by molar-refractivity contribution is 5.68. The van der Waals surface area contributed by atoms with Crippen LogP contribution in [-0.4, -0.2) is 47.1 Å². The van der Waals surface area contributed by atoms with Crippen molar-refractivity contribution in [3.8, 4) is 0 Å². The summed E-state index contributed by atoms with van der Waals surface area (Å²) in [6, 6.07) is 0. The first kappa shape index (κ1) is 12.2. The van der Waals surface area contributed by atoms with Crippen molar-refractivity contribution < 1.29 is 19.0 Å². The topological polar surface area (TPSA) is 49.8 Å². The van der Waals surface area contributed by atoms with E-state index in [1.807, 2.05) is 0 Å². The molecule has 1 aliphatic heterocycles. The number of amides is 1. The second-order valence-electron chi connectivity index (χ2n) is 4.87. The van der Waals surface area contributed by atoms with Gasteiger partial charge in [-0.3, -0.25) is 0 Å². The average Bonchev–Trinajstić information content (AvgIpc) is 1.98. The molecule has 88 valence electrons. The number of carbonyl (C=O) groups excluding carboxylic acids is 1. The lowest BCUT2D eigenvalue weighted by Crippen LogP contribution is -2.48. The first-order valence-corrected chi connectivity index (χ1v) is 5.08. The normalized spacial score (nSPS) is 27.7. The molecule has 0 aromatic heterocycles. The fraction of sp³-hybridized carbons (Fsp3) is 0.900. The maximum Gasteiger partial charge on any atom is 0.410 e. The Morgan fingerprint density at radius 3 is 2.53 bits per heavy atom. The standard InChI is InChI=1S/C10H18FNO3/c1-10(2,3)15-9(14)12-5-7(11)4-8(13)6-12/h7-8,13H,4-6H2,1-3H3/t7-,8+/m0/s1. The van der Waals surface area contributed by atoms with Crippen LogP contribution in [-0.2, 0) is 4.74 Å². The van der Waals surface area contributed by atoms with E-state index in [0.717, 1.165) is 0 Å². The SMILES string of the molecule is CC(C)(C)OC(=O)N1C[C@H](O)C[C@H](F)C1. The first-order chi connectivity index (χ1) is 6.78. The Balaban J connectivity index is 2.52. The van der Waals surface area contributed by atoms with E-state index in [9.17, 15) is 14.3 Å². The number of aliphatic hydroxyl groups excluding tert-OH is 1. The zero-order valence-electron chi connectivity index (χ0n) is 9.36. The van der Waals surface area contributed by atoms with E-state index in [1.54, 1.807) is 20.8 Å². The van der Waals surface area contributed by atoms with Crippen LogP contribution in [0.2, 0.25) is 0 Å². The van der Waals surface area contributed by atoms with Gasteiger partial charge in [0, 0.05) is 6.42 Å². The molecule has 0 aromatic rings. The van der Waals surface area contributed by atoms with Gasteiger partial charge in [0.15, 0.2) is 0 Å². The maximum absolute atomic E-state index is 13.1. The fourth-order valence-electron chi connectivity index (χ4n) is 1.49. The molecule has 1 heterocycles. The number of β-amino-alcohol motifs (C(OH)–C–C–N with tert-alkyl or cyclic N) is 1. The summed E-state index contributed by atoms with van der Waals surface area (Å²) in [5, 5.41) is 9.31. The molecule has 1 rings (SSSR count). The van der Waals surface area contributed by atoms with Gasteiger partial charge in [-0.1, -0.05) is 0 Å². The van der Waals surface area contributed by atoms with Crippen molar-refractivity contribution in [3.63, 3.8) is 0 Å². The molecule has 15 heavy (non-hydrogen) atoms. The van der Waals surface area contributed by atoms with Crippen molar-refractivity contribution in [1.82, 2.24) is 4.90 Å². The van der Waals surface area contributed by atoms with Crippen LogP contribution in [0.4, 0.5) is 9.18 Å². The number of aliphatic hydroxyl groups is 1. The van der Waals surface area contributed by atoms with Crippen LogP contribution < -0.4 is 0 Å². The van der Waals surface area contributed by atoms with Crippen molar-refractivity contribution in [1.29, 1.82) is 0 Å². The highest BCUT2D eigenvalue weighted by atomic mass is 19.1. The van der Waals surface area contributed by atoms with Crippen molar-refractivity contribution >= 4 is 6.09 Å². The Hall–Kier alpha value is -0.840. The Morgan fingerprint density at radius 2 is 2.07 bits per heavy atom. The number of carbonyl (C=O) groups is 1. The number of ether oxygens (including phenoxy) is 1. The molecule has 0 radical (unpaired) electrons. The summed E-state index contributed by atoms with van der Waals surface area (Å²) in [4.78, 5) is 12.7. The number of nitrogens with zero attached hydrogens (tertiary/aromatic N) is 1. The molecule has 1 N–H and O–H groups in total. The van der Waals surface area contributed by atoms with Crippen LogP contribution in [0.15, 0.2) is 0 Å². The van der Waals surface area contributed by atoms with Crippen molar-refractivity contribution in [2.24, 2.45) is 0 Å². The molecule has 1 aliphatic rings. The van der Waals surface area contributed by atoms with Crippen molar-refractivity contribution in [2.45, 2.75) is 45.1 Å². The summed E-state index contributed by atoms with van der Waals surface area (Å²) >= 11 is 0. The second-order valence-corrected chi connectivity index (χ2v) is 4.87. The molecule has 1 saturated heterocycles. The van der Waals surface area contributed by atoms with Gasteiger partial charge in [0.1, 0.15) is 11.8 Å². The van der Waals surface area contributed by atoms with E-state index in [-0.39, 0.29) is 19.5 Å². The minimum atomic E-state index is -1.17. The van der Waals surface area contributed by atoms with Crippen LogP contribution in [0.5, 0.6) is 0 Å². The molecule has 0 bridgehead atoms. The summed E-state index contributed by atoms with van der Waals surface area (Å²) < 4.78 is 18.2. The number of rotatable bonds is 0. The molecule has 4 nitrogen and oxygen atoms in total. The average molecular weight is 219 g/mol. The predicted molar refractivity (Wildman–Crippen MR) is 53.3 cm³/mol. The lowest BCUT2D eigenvalue weighted by atomic mass is 10.1. The summed E-state index contributed by atoms with van der Waals surface area (Å²) in [7, 11) is 0. The monoisotopic (exact) mass is 219 g/mol. The van der Waals surface area contributed by atoms with E-state index in [0.29, 0.717) is 0 Å². The molecular formula is C10H18FNO3. The summed E-state index contributed by atoms with van der Waals surface area (Å²) in [5.74, 6) is 0. The molecule has 0 saturated carbocycles. The minimum absolute atomic E-state index is 0.00593. The Kier molecular flexibility index (Phi) is 3.54. The molecule has 1 amide bonds. The maximum atomic E-state index is 13.1. The van der Waals surface area contributed by atoms with E-state index in [4.69, 9.17) is 4.74 Å². The Morgan fingerprint density at radius 1 is 1.47 bits per heavy atom. The number of halogens is 1. The molecule has 2 atom stereocenters. The lowest BCUT2D eigenvalue weighted by Gasteiger charge is -2.33. The number of alkyl halides is 1. The Bertz CT molecular complexity index is 229. The van der Waals surface area contributed by atoms with Gasteiger partial charge in [-0.05, 0) is 20.8 Å². The summed E-state index contributed by atoms with van der Waals surface area (Å²) in [6.45, 7) is 5.40. The molecule has 5 heteroatoms. The number of hydrogen-bond acceptors (Lipinski definition) is 3. The van der Waals surface area contributed by atoms with Crippen LogP contribution in [0.25, 0.3) is 0 Å². The van der Waals surface area contributed by atoms with Gasteiger partial charge in [-0.25, -0.2) is 9.18 Å². The first-order valence-electron chi connectivity index (χ1n) is 5.08. The lowest BCUT2D eigenvalue weighted by molar-refractivity contribution is -0.0124. The van der Waals surface area contributed by atoms with Gasteiger partial charge in [0.2, 0.25) is 0 Å². The van der Waals surface area contributed by atoms with E-state index >= 15 is 0 Å². The largest absolute Gasteiger partial charge is 0.444 e. The zero-order chi connectivity index (χ0) is 11.6. The molecule has 0 aliphatic carbocycles. The number of hydrogen-bond donors (Lipinski definition) is 1. The third kappa shape index (κ3) is 4.03.